The molecular formula is C16H20N2O. The maximum atomic E-state index is 6.24. The molecule has 3 heteroatoms. The Labute approximate surface area is 113 Å². The van der Waals surface area contributed by atoms with Gasteiger partial charge in [0.05, 0.1) is 0 Å². The van der Waals surface area contributed by atoms with Crippen molar-refractivity contribution >= 4 is 16.5 Å². The van der Waals surface area contributed by atoms with Crippen molar-refractivity contribution in [2.45, 2.75) is 38.7 Å². The third-order valence-electron chi connectivity index (χ3n) is 4.12. The molecular weight excluding hydrogens is 236 g/mol. The molecule has 0 aliphatic heterocycles. The van der Waals surface area contributed by atoms with Crippen LogP contribution in [0.3, 0.4) is 0 Å². The lowest BCUT2D eigenvalue weighted by Crippen LogP contribution is -2.28. The molecule has 0 bridgehead atoms. The highest BCUT2D eigenvalue weighted by Gasteiger charge is 2.23. The summed E-state index contributed by atoms with van der Waals surface area (Å²) in [6, 6.07) is 5.84. The van der Waals surface area contributed by atoms with Crippen molar-refractivity contribution in [3.8, 4) is 5.75 Å². The highest BCUT2D eigenvalue weighted by Crippen LogP contribution is 2.33. The lowest BCUT2D eigenvalue weighted by Gasteiger charge is -2.29. The van der Waals surface area contributed by atoms with Crippen LogP contribution in [0.25, 0.3) is 10.8 Å². The molecule has 2 N–H and O–H groups in total. The topological polar surface area (TPSA) is 48.1 Å². The second kappa shape index (κ2) is 5.08. The second-order valence-electron chi connectivity index (χ2n) is 5.49. The van der Waals surface area contributed by atoms with Crippen LogP contribution in [0, 0.1) is 5.92 Å². The number of fused-ring (bicyclic) bond motifs is 1. The molecule has 0 spiro atoms. The lowest BCUT2D eigenvalue weighted by molar-refractivity contribution is 0.104. The van der Waals surface area contributed by atoms with E-state index in [1.807, 2.05) is 24.4 Å². The van der Waals surface area contributed by atoms with Crippen LogP contribution in [0.5, 0.6) is 5.75 Å². The Bertz CT molecular complexity index is 582. The van der Waals surface area contributed by atoms with Gasteiger partial charge in [0.25, 0.3) is 0 Å². The minimum absolute atomic E-state index is 0.320. The minimum atomic E-state index is 0.320. The van der Waals surface area contributed by atoms with Gasteiger partial charge in [-0.05, 0) is 43.4 Å². The number of hydrogen-bond acceptors (Lipinski definition) is 3. The fourth-order valence-electron chi connectivity index (χ4n) is 2.91. The lowest BCUT2D eigenvalue weighted by atomic mass is 9.88. The molecule has 1 saturated carbocycles. The van der Waals surface area contributed by atoms with Gasteiger partial charge >= 0.3 is 0 Å². The summed E-state index contributed by atoms with van der Waals surface area (Å²) in [5.41, 5.74) is 6.78. The molecule has 2 aromatic rings. The number of pyridine rings is 1. The van der Waals surface area contributed by atoms with Crippen molar-refractivity contribution in [1.29, 1.82) is 0 Å². The molecule has 1 aromatic heterocycles. The van der Waals surface area contributed by atoms with Crippen molar-refractivity contribution in [1.82, 2.24) is 4.98 Å². The van der Waals surface area contributed by atoms with Gasteiger partial charge in [0.1, 0.15) is 11.9 Å². The van der Waals surface area contributed by atoms with E-state index in [1.54, 1.807) is 6.20 Å². The number of anilines is 1. The number of nitrogen functional groups attached to an aromatic ring is 1. The van der Waals surface area contributed by atoms with Gasteiger partial charge < -0.3 is 10.5 Å². The molecule has 0 radical (unpaired) electrons. The summed E-state index contributed by atoms with van der Waals surface area (Å²) >= 11 is 0. The van der Waals surface area contributed by atoms with Crippen LogP contribution in [-0.4, -0.2) is 11.1 Å². The summed E-state index contributed by atoms with van der Waals surface area (Å²) in [7, 11) is 0. The largest absolute Gasteiger partial charge is 0.489 e. The number of rotatable bonds is 2. The van der Waals surface area contributed by atoms with Gasteiger partial charge in [-0.15, -0.1) is 0 Å². The van der Waals surface area contributed by atoms with Crippen LogP contribution in [0.1, 0.15) is 32.6 Å². The van der Waals surface area contributed by atoms with Gasteiger partial charge in [0.15, 0.2) is 0 Å². The summed E-state index contributed by atoms with van der Waals surface area (Å²) in [4.78, 5) is 4.19. The first-order valence-electron chi connectivity index (χ1n) is 7.04. The first-order chi connectivity index (χ1) is 9.25. The molecule has 3 rings (SSSR count). The van der Waals surface area contributed by atoms with Crippen LogP contribution in [-0.2, 0) is 0 Å². The third kappa shape index (κ3) is 2.37. The number of hydrogen-bond donors (Lipinski definition) is 1. The van der Waals surface area contributed by atoms with Gasteiger partial charge in [-0.2, -0.15) is 0 Å². The van der Waals surface area contributed by atoms with E-state index in [1.165, 1.54) is 19.3 Å². The summed E-state index contributed by atoms with van der Waals surface area (Å²) in [5.74, 6) is 1.54. The van der Waals surface area contributed by atoms with Gasteiger partial charge in [0.2, 0.25) is 0 Å². The maximum absolute atomic E-state index is 6.24. The van der Waals surface area contributed by atoms with E-state index in [0.717, 1.165) is 28.6 Å². The Morgan fingerprint density at radius 3 is 2.84 bits per heavy atom. The maximum Gasteiger partial charge on any atom is 0.129 e. The number of aromatic nitrogens is 1. The van der Waals surface area contributed by atoms with Crippen LogP contribution < -0.4 is 10.5 Å². The molecule has 19 heavy (non-hydrogen) atoms. The monoisotopic (exact) mass is 256 g/mol. The van der Waals surface area contributed by atoms with E-state index in [9.17, 15) is 0 Å². The molecule has 2 atom stereocenters. The Balaban J connectivity index is 1.94. The van der Waals surface area contributed by atoms with E-state index in [4.69, 9.17) is 10.5 Å². The molecule has 100 valence electrons. The second-order valence-corrected chi connectivity index (χ2v) is 5.49. The van der Waals surface area contributed by atoms with Gasteiger partial charge in [-0.25, -0.2) is 0 Å². The number of nitrogens with two attached hydrogens (primary N) is 1. The standard InChI is InChI=1S/C16H20N2O/c1-11-4-2-3-5-15(11)19-16-7-6-14(17)12-8-9-18-10-13(12)16/h6-11,15H,2-5,17H2,1H3. The molecule has 1 heterocycles. The quantitative estimate of drug-likeness (QED) is 0.832. The molecule has 3 nitrogen and oxygen atoms in total. The van der Waals surface area contributed by atoms with Crippen molar-refractivity contribution in [2.24, 2.45) is 5.92 Å². The van der Waals surface area contributed by atoms with E-state index < -0.39 is 0 Å². The van der Waals surface area contributed by atoms with Crippen molar-refractivity contribution in [2.75, 3.05) is 5.73 Å². The number of benzene rings is 1. The van der Waals surface area contributed by atoms with E-state index in [0.29, 0.717) is 12.0 Å². The molecule has 0 saturated heterocycles. The summed E-state index contributed by atoms with van der Waals surface area (Å²) in [6.07, 6.45) is 8.93. The fraction of sp³-hybridized carbons (Fsp3) is 0.438. The zero-order valence-electron chi connectivity index (χ0n) is 11.3. The van der Waals surface area contributed by atoms with Crippen molar-refractivity contribution in [3.63, 3.8) is 0 Å². The number of ether oxygens (including phenoxy) is 1. The van der Waals surface area contributed by atoms with E-state index in [-0.39, 0.29) is 0 Å². The van der Waals surface area contributed by atoms with Crippen molar-refractivity contribution < 1.29 is 4.74 Å². The normalized spacial score (nSPS) is 23.4. The molecule has 0 amide bonds. The molecule has 2 unspecified atom stereocenters. The average Bonchev–Trinajstić information content (AvgIpc) is 2.44. The average molecular weight is 256 g/mol. The Hall–Kier alpha value is -1.77. The number of nitrogens with zero attached hydrogens (tertiary/aromatic N) is 1. The molecule has 1 fully saturated rings. The Morgan fingerprint density at radius 1 is 1.16 bits per heavy atom. The van der Waals surface area contributed by atoms with Crippen molar-refractivity contribution in [3.05, 3.63) is 30.6 Å². The van der Waals surface area contributed by atoms with E-state index >= 15 is 0 Å². The van der Waals surface area contributed by atoms with Gasteiger partial charge in [-0.1, -0.05) is 13.3 Å². The fourth-order valence-corrected chi connectivity index (χ4v) is 2.91. The third-order valence-corrected chi connectivity index (χ3v) is 4.12. The van der Waals surface area contributed by atoms with Gasteiger partial charge in [-0.3, -0.25) is 4.98 Å². The highest BCUT2D eigenvalue weighted by atomic mass is 16.5. The zero-order chi connectivity index (χ0) is 13.2. The first-order valence-corrected chi connectivity index (χ1v) is 7.04. The van der Waals surface area contributed by atoms with Crippen LogP contribution in [0.15, 0.2) is 30.6 Å². The van der Waals surface area contributed by atoms with Crippen LogP contribution >= 0.6 is 0 Å². The van der Waals surface area contributed by atoms with Crippen LogP contribution in [0.4, 0.5) is 5.69 Å². The molecule has 1 aromatic carbocycles. The minimum Gasteiger partial charge on any atom is -0.489 e. The summed E-state index contributed by atoms with van der Waals surface area (Å²) in [6.45, 7) is 2.28. The summed E-state index contributed by atoms with van der Waals surface area (Å²) in [5, 5.41) is 2.04. The van der Waals surface area contributed by atoms with Gasteiger partial charge in [0, 0.05) is 28.9 Å². The Morgan fingerprint density at radius 2 is 2.00 bits per heavy atom. The summed E-state index contributed by atoms with van der Waals surface area (Å²) < 4.78 is 6.24. The highest BCUT2D eigenvalue weighted by molar-refractivity contribution is 5.96. The SMILES string of the molecule is CC1CCCCC1Oc1ccc(N)c2ccncc12. The first kappa shape index (κ1) is 12.3. The van der Waals surface area contributed by atoms with E-state index in [2.05, 4.69) is 11.9 Å². The Kier molecular flexibility index (Phi) is 3.28. The predicted molar refractivity (Wildman–Crippen MR) is 78.2 cm³/mol. The molecule has 1 aliphatic rings. The van der Waals surface area contributed by atoms with Crippen LogP contribution in [0.2, 0.25) is 0 Å². The smallest absolute Gasteiger partial charge is 0.129 e. The molecule has 1 aliphatic carbocycles. The zero-order valence-corrected chi connectivity index (χ0v) is 11.3. The predicted octanol–water partition coefficient (Wildman–Crippen LogP) is 3.77.